The van der Waals surface area contributed by atoms with Crippen LogP contribution in [-0.2, 0) is 4.79 Å². The molecule has 4 heterocycles. The van der Waals surface area contributed by atoms with Crippen molar-refractivity contribution in [2.24, 2.45) is 5.92 Å². The van der Waals surface area contributed by atoms with Crippen molar-refractivity contribution in [3.05, 3.63) is 18.0 Å². The van der Waals surface area contributed by atoms with Crippen LogP contribution in [0.25, 0.3) is 0 Å². The summed E-state index contributed by atoms with van der Waals surface area (Å²) in [5.41, 5.74) is 1.32. The fourth-order valence-corrected chi connectivity index (χ4v) is 7.01. The predicted molar refractivity (Wildman–Crippen MR) is 133 cm³/mol. The van der Waals surface area contributed by atoms with E-state index < -0.39 is 0 Å². The number of fused-ring (bicyclic) bond motifs is 2. The Morgan fingerprint density at radius 2 is 1.48 bits per heavy atom. The van der Waals surface area contributed by atoms with Gasteiger partial charge in [-0.3, -0.25) is 9.69 Å². The quantitative estimate of drug-likeness (QED) is 0.642. The zero-order valence-electron chi connectivity index (χ0n) is 21.0. The van der Waals surface area contributed by atoms with E-state index in [1.54, 1.807) is 0 Å². The minimum atomic E-state index is 0.336. The van der Waals surface area contributed by atoms with Crippen molar-refractivity contribution in [2.45, 2.75) is 109 Å². The zero-order valence-corrected chi connectivity index (χ0v) is 21.0. The second-order valence-corrected chi connectivity index (χ2v) is 11.3. The number of hydrogen-bond donors (Lipinski definition) is 0. The number of piperazine rings is 1. The molecule has 0 N–H and O–H groups in total. The van der Waals surface area contributed by atoms with Crippen LogP contribution < -0.4 is 4.90 Å². The van der Waals surface area contributed by atoms with Gasteiger partial charge in [-0.25, -0.2) is 9.97 Å². The van der Waals surface area contributed by atoms with Crippen LogP contribution in [0.15, 0.2) is 12.4 Å². The van der Waals surface area contributed by atoms with Gasteiger partial charge >= 0.3 is 0 Å². The van der Waals surface area contributed by atoms with E-state index in [4.69, 9.17) is 9.97 Å². The molecule has 4 fully saturated rings. The van der Waals surface area contributed by atoms with E-state index in [0.717, 1.165) is 31.9 Å². The topological polar surface area (TPSA) is 52.6 Å². The molecule has 0 radical (unpaired) electrons. The van der Waals surface area contributed by atoms with Crippen molar-refractivity contribution >= 4 is 11.7 Å². The van der Waals surface area contributed by atoms with Crippen molar-refractivity contribution in [1.82, 2.24) is 19.8 Å². The molecule has 6 nitrogen and oxygen atoms in total. The number of ketones is 1. The lowest BCUT2D eigenvalue weighted by Gasteiger charge is -2.43. The van der Waals surface area contributed by atoms with Crippen LogP contribution in [0, 0.1) is 5.92 Å². The van der Waals surface area contributed by atoms with Crippen molar-refractivity contribution < 1.29 is 4.79 Å². The predicted octanol–water partition coefficient (Wildman–Crippen LogP) is 4.26. The summed E-state index contributed by atoms with van der Waals surface area (Å²) >= 11 is 0. The standard InChI is InChI=1S/C27H43N5O/c1-4-26(33)21-5-7-23(8-6-21)30-13-11-20(12-14-30)22-15-28-27(29-16-22)32-24-9-10-25(32)18-31(17-24)19(2)3/h15-16,19-21,23-25H,4-14,17-18H2,1-3H3/t21-,23-,24?,25?. The number of carbonyl (C=O) groups excluding carboxylic acids is 1. The summed E-state index contributed by atoms with van der Waals surface area (Å²) in [5.74, 6) is 2.35. The van der Waals surface area contributed by atoms with Gasteiger partial charge in [0.25, 0.3) is 0 Å². The van der Waals surface area contributed by atoms with Gasteiger partial charge in [0.15, 0.2) is 0 Å². The summed E-state index contributed by atoms with van der Waals surface area (Å²) < 4.78 is 0. The largest absolute Gasteiger partial charge is 0.332 e. The molecule has 33 heavy (non-hydrogen) atoms. The van der Waals surface area contributed by atoms with E-state index in [1.165, 1.54) is 57.2 Å². The maximum Gasteiger partial charge on any atom is 0.225 e. The van der Waals surface area contributed by atoms with Crippen molar-refractivity contribution in [1.29, 1.82) is 0 Å². The molecule has 0 aromatic carbocycles. The van der Waals surface area contributed by atoms with Crippen LogP contribution >= 0.6 is 0 Å². The number of piperidine rings is 1. The highest BCUT2D eigenvalue weighted by Crippen LogP contribution is 2.36. The van der Waals surface area contributed by atoms with Crippen LogP contribution in [-0.4, -0.2) is 75.9 Å². The lowest BCUT2D eigenvalue weighted by Crippen LogP contribution is -2.56. The number of Topliss-reactive ketones (excluding diaryl/α,β-unsaturated/α-hetero) is 1. The summed E-state index contributed by atoms with van der Waals surface area (Å²) in [6, 6.07) is 2.45. The van der Waals surface area contributed by atoms with Crippen molar-refractivity contribution in [2.75, 3.05) is 31.1 Å². The van der Waals surface area contributed by atoms with Gasteiger partial charge in [-0.15, -0.1) is 0 Å². The number of aromatic nitrogens is 2. The molecule has 3 aliphatic heterocycles. The summed E-state index contributed by atoms with van der Waals surface area (Å²) in [5, 5.41) is 0. The number of likely N-dealkylation sites (tertiary alicyclic amines) is 2. The molecule has 0 spiro atoms. The van der Waals surface area contributed by atoms with E-state index >= 15 is 0 Å². The second kappa shape index (κ2) is 9.99. The molecule has 1 aromatic heterocycles. The first-order valence-corrected chi connectivity index (χ1v) is 13.6. The normalized spacial score (nSPS) is 31.9. The van der Waals surface area contributed by atoms with Gasteiger partial charge in [-0.2, -0.15) is 0 Å². The average Bonchev–Trinajstić information content (AvgIpc) is 3.12. The smallest absolute Gasteiger partial charge is 0.225 e. The molecule has 5 rings (SSSR count). The summed E-state index contributed by atoms with van der Waals surface area (Å²) in [4.78, 5) is 29.6. The zero-order chi connectivity index (χ0) is 22.9. The van der Waals surface area contributed by atoms with Crippen molar-refractivity contribution in [3.63, 3.8) is 0 Å². The third-order valence-corrected chi connectivity index (χ3v) is 9.15. The maximum atomic E-state index is 12.0. The van der Waals surface area contributed by atoms with Crippen LogP contribution in [0.4, 0.5) is 5.95 Å². The van der Waals surface area contributed by atoms with Crippen molar-refractivity contribution in [3.8, 4) is 0 Å². The van der Waals surface area contributed by atoms with Crippen LogP contribution in [0.5, 0.6) is 0 Å². The SMILES string of the molecule is CCC(=O)[C@H]1CC[C@H](N2CCC(c3cnc(N4C5CCC4CN(C(C)C)C5)nc3)CC2)CC1. The van der Waals surface area contributed by atoms with Crippen LogP contribution in [0.3, 0.4) is 0 Å². The van der Waals surface area contributed by atoms with E-state index in [9.17, 15) is 4.79 Å². The monoisotopic (exact) mass is 453 g/mol. The molecule has 2 bridgehead atoms. The minimum absolute atomic E-state index is 0.336. The Labute approximate surface area is 200 Å². The molecular weight excluding hydrogens is 410 g/mol. The van der Waals surface area contributed by atoms with Gasteiger partial charge in [0.1, 0.15) is 5.78 Å². The fourth-order valence-electron chi connectivity index (χ4n) is 7.01. The molecular formula is C27H43N5O. The first kappa shape index (κ1) is 23.2. The molecule has 2 unspecified atom stereocenters. The molecule has 6 heteroatoms. The lowest BCUT2D eigenvalue weighted by atomic mass is 9.81. The van der Waals surface area contributed by atoms with Gasteiger partial charge in [0.05, 0.1) is 0 Å². The van der Waals surface area contributed by atoms with Gasteiger partial charge in [-0.1, -0.05) is 6.92 Å². The van der Waals surface area contributed by atoms with E-state index in [-0.39, 0.29) is 0 Å². The Morgan fingerprint density at radius 1 is 0.909 bits per heavy atom. The van der Waals surface area contributed by atoms with Gasteiger partial charge in [0.2, 0.25) is 5.95 Å². The van der Waals surface area contributed by atoms with Gasteiger partial charge in [-0.05, 0) is 89.8 Å². The van der Waals surface area contributed by atoms with E-state index in [2.05, 4.69) is 40.9 Å². The maximum absolute atomic E-state index is 12.0. The average molecular weight is 454 g/mol. The first-order chi connectivity index (χ1) is 16.0. The highest BCUT2D eigenvalue weighted by Gasteiger charge is 2.41. The molecule has 4 aliphatic rings. The Balaban J connectivity index is 1.13. The summed E-state index contributed by atoms with van der Waals surface area (Å²) in [6.45, 7) is 11.3. The first-order valence-electron chi connectivity index (χ1n) is 13.6. The third-order valence-electron chi connectivity index (χ3n) is 9.15. The Bertz CT molecular complexity index is 781. The molecule has 1 aliphatic carbocycles. The van der Waals surface area contributed by atoms with Crippen LogP contribution in [0.2, 0.25) is 0 Å². The highest BCUT2D eigenvalue weighted by molar-refractivity contribution is 5.80. The third kappa shape index (κ3) is 4.84. The molecule has 3 saturated heterocycles. The molecule has 182 valence electrons. The number of carbonyl (C=O) groups is 1. The highest BCUT2D eigenvalue weighted by atomic mass is 16.1. The molecule has 1 saturated carbocycles. The van der Waals surface area contributed by atoms with Gasteiger partial charge in [0, 0.05) is 62.0 Å². The van der Waals surface area contributed by atoms with Gasteiger partial charge < -0.3 is 9.80 Å². The van der Waals surface area contributed by atoms with E-state index in [1.807, 2.05) is 6.92 Å². The molecule has 1 aromatic rings. The number of hydrogen-bond acceptors (Lipinski definition) is 6. The Morgan fingerprint density at radius 3 is 2.03 bits per heavy atom. The lowest BCUT2D eigenvalue weighted by molar-refractivity contribution is -0.123. The molecule has 0 amide bonds. The fraction of sp³-hybridized carbons (Fsp3) is 0.815. The second-order valence-electron chi connectivity index (χ2n) is 11.3. The number of anilines is 1. The summed E-state index contributed by atoms with van der Waals surface area (Å²) in [7, 11) is 0. The Kier molecular flexibility index (Phi) is 7.03. The summed E-state index contributed by atoms with van der Waals surface area (Å²) in [6.07, 6.45) is 14.5. The van der Waals surface area contributed by atoms with E-state index in [0.29, 0.717) is 48.2 Å². The molecule has 2 atom stereocenters. The number of rotatable bonds is 6. The Hall–Kier alpha value is -1.53. The number of nitrogens with zero attached hydrogens (tertiary/aromatic N) is 5. The minimum Gasteiger partial charge on any atom is -0.332 e. The van der Waals surface area contributed by atoms with Crippen LogP contribution in [0.1, 0.15) is 90.0 Å².